The number of likely N-dealkylation sites (N-methyl/N-ethyl adjacent to an activating group) is 1. The van der Waals surface area contributed by atoms with Crippen LogP contribution < -0.4 is 4.74 Å². The van der Waals surface area contributed by atoms with E-state index in [2.05, 4.69) is 4.74 Å². The molecule has 0 saturated carbocycles. The fourth-order valence-electron chi connectivity index (χ4n) is 2.27. The number of carbonyl (C=O) groups is 1. The van der Waals surface area contributed by atoms with Gasteiger partial charge in [0.1, 0.15) is 5.75 Å². The van der Waals surface area contributed by atoms with Crippen LogP contribution in [0.3, 0.4) is 0 Å². The normalized spacial score (nSPS) is 10.6. The van der Waals surface area contributed by atoms with E-state index in [1.165, 1.54) is 29.8 Å². The van der Waals surface area contributed by atoms with Gasteiger partial charge in [0.25, 0.3) is 5.91 Å². The van der Waals surface area contributed by atoms with Crippen molar-refractivity contribution in [1.29, 1.82) is 0 Å². The summed E-state index contributed by atoms with van der Waals surface area (Å²) in [6.07, 6.45) is 0.771. The molecule has 5 heteroatoms. The third kappa shape index (κ3) is 5.06. The van der Waals surface area contributed by atoms with E-state index in [1.807, 2.05) is 37.3 Å². The van der Waals surface area contributed by atoms with Gasteiger partial charge in [0, 0.05) is 18.7 Å². The molecule has 0 aliphatic carbocycles. The van der Waals surface area contributed by atoms with Gasteiger partial charge in [0.15, 0.2) is 0 Å². The van der Waals surface area contributed by atoms with E-state index in [4.69, 9.17) is 0 Å². The minimum Gasteiger partial charge on any atom is -0.435 e. The number of nitrogens with zero attached hydrogens (tertiary/aromatic N) is 1. The van der Waals surface area contributed by atoms with Crippen molar-refractivity contribution in [2.24, 2.45) is 0 Å². The SMILES string of the molecule is CCN(CCc1ccccc1)C(=O)c1ccc(OC(F)F)cc1. The van der Waals surface area contributed by atoms with Crippen LogP contribution in [0.2, 0.25) is 0 Å². The molecule has 0 aromatic heterocycles. The van der Waals surface area contributed by atoms with E-state index in [0.717, 1.165) is 6.42 Å². The lowest BCUT2D eigenvalue weighted by Gasteiger charge is -2.21. The highest BCUT2D eigenvalue weighted by Crippen LogP contribution is 2.16. The lowest BCUT2D eigenvalue weighted by molar-refractivity contribution is -0.0498. The molecule has 23 heavy (non-hydrogen) atoms. The molecule has 1 amide bonds. The average Bonchev–Trinajstić information content (AvgIpc) is 2.56. The molecule has 0 fully saturated rings. The Kier molecular flexibility index (Phi) is 6.09. The smallest absolute Gasteiger partial charge is 0.387 e. The molecular formula is C18H19F2NO2. The van der Waals surface area contributed by atoms with Gasteiger partial charge in [-0.05, 0) is 43.2 Å². The van der Waals surface area contributed by atoms with E-state index in [-0.39, 0.29) is 11.7 Å². The molecule has 0 unspecified atom stereocenters. The zero-order valence-corrected chi connectivity index (χ0v) is 12.9. The first kappa shape index (κ1) is 16.9. The number of ether oxygens (including phenoxy) is 1. The van der Waals surface area contributed by atoms with Crippen molar-refractivity contribution >= 4 is 5.91 Å². The van der Waals surface area contributed by atoms with Gasteiger partial charge in [-0.25, -0.2) is 0 Å². The van der Waals surface area contributed by atoms with Crippen LogP contribution in [0, 0.1) is 0 Å². The second-order valence-corrected chi connectivity index (χ2v) is 5.02. The van der Waals surface area contributed by atoms with E-state index < -0.39 is 6.61 Å². The molecule has 0 saturated heterocycles. The molecular weight excluding hydrogens is 300 g/mol. The van der Waals surface area contributed by atoms with E-state index >= 15 is 0 Å². The van der Waals surface area contributed by atoms with Gasteiger partial charge in [-0.3, -0.25) is 4.79 Å². The summed E-state index contributed by atoms with van der Waals surface area (Å²) in [6.45, 7) is 0.238. The topological polar surface area (TPSA) is 29.5 Å². The lowest BCUT2D eigenvalue weighted by atomic mass is 10.1. The molecule has 2 aromatic rings. The minimum atomic E-state index is -2.87. The van der Waals surface area contributed by atoms with E-state index in [1.54, 1.807) is 4.90 Å². The third-order valence-corrected chi connectivity index (χ3v) is 3.51. The van der Waals surface area contributed by atoms with Crippen molar-refractivity contribution in [3.05, 3.63) is 65.7 Å². The summed E-state index contributed by atoms with van der Waals surface area (Å²) < 4.78 is 28.5. The number of rotatable bonds is 7. The van der Waals surface area contributed by atoms with Crippen LogP contribution in [0.25, 0.3) is 0 Å². The Morgan fingerprint density at radius 3 is 2.30 bits per heavy atom. The van der Waals surface area contributed by atoms with Crippen LogP contribution in [-0.2, 0) is 6.42 Å². The second kappa shape index (κ2) is 8.27. The van der Waals surface area contributed by atoms with Crippen molar-refractivity contribution in [2.75, 3.05) is 13.1 Å². The largest absolute Gasteiger partial charge is 0.435 e. The number of benzene rings is 2. The fourth-order valence-corrected chi connectivity index (χ4v) is 2.27. The molecule has 0 bridgehead atoms. The molecule has 2 rings (SSSR count). The zero-order chi connectivity index (χ0) is 16.7. The van der Waals surface area contributed by atoms with Gasteiger partial charge in [0.05, 0.1) is 0 Å². The van der Waals surface area contributed by atoms with Crippen LogP contribution in [0.5, 0.6) is 5.75 Å². The Morgan fingerprint density at radius 2 is 1.74 bits per heavy atom. The van der Waals surface area contributed by atoms with Crippen LogP contribution in [0.4, 0.5) is 8.78 Å². The second-order valence-electron chi connectivity index (χ2n) is 5.02. The first-order valence-electron chi connectivity index (χ1n) is 7.48. The Hall–Kier alpha value is -2.43. The Balaban J connectivity index is 1.98. The summed E-state index contributed by atoms with van der Waals surface area (Å²) in [6, 6.07) is 15.7. The monoisotopic (exact) mass is 319 g/mol. The number of carbonyl (C=O) groups excluding carboxylic acids is 1. The average molecular weight is 319 g/mol. The maximum atomic E-state index is 12.5. The summed E-state index contributed by atoms with van der Waals surface area (Å²) in [4.78, 5) is 14.2. The minimum absolute atomic E-state index is 0.0453. The zero-order valence-electron chi connectivity index (χ0n) is 12.9. The molecule has 0 N–H and O–H groups in total. The molecule has 0 spiro atoms. The van der Waals surface area contributed by atoms with Crippen LogP contribution in [-0.4, -0.2) is 30.5 Å². The molecule has 0 heterocycles. The van der Waals surface area contributed by atoms with E-state index in [0.29, 0.717) is 18.7 Å². The lowest BCUT2D eigenvalue weighted by Crippen LogP contribution is -2.32. The third-order valence-electron chi connectivity index (χ3n) is 3.51. The predicted molar refractivity (Wildman–Crippen MR) is 84.8 cm³/mol. The van der Waals surface area contributed by atoms with Crippen molar-refractivity contribution in [3.8, 4) is 5.75 Å². The standard InChI is InChI=1S/C18H19F2NO2/c1-2-21(13-12-14-6-4-3-5-7-14)17(22)15-8-10-16(11-9-15)23-18(19)20/h3-11,18H,2,12-13H2,1H3. The van der Waals surface area contributed by atoms with Crippen molar-refractivity contribution in [1.82, 2.24) is 4.90 Å². The molecule has 122 valence electrons. The highest BCUT2D eigenvalue weighted by atomic mass is 19.3. The van der Waals surface area contributed by atoms with Crippen molar-refractivity contribution in [2.45, 2.75) is 20.0 Å². The summed E-state index contributed by atoms with van der Waals surface area (Å²) in [5, 5.41) is 0. The van der Waals surface area contributed by atoms with Gasteiger partial charge in [-0.2, -0.15) is 8.78 Å². The molecule has 3 nitrogen and oxygen atoms in total. The first-order chi connectivity index (χ1) is 11.1. The van der Waals surface area contributed by atoms with Gasteiger partial charge < -0.3 is 9.64 Å². The molecule has 0 aliphatic rings. The quantitative estimate of drug-likeness (QED) is 0.772. The number of halogens is 2. The highest BCUT2D eigenvalue weighted by Gasteiger charge is 2.14. The number of alkyl halides is 2. The van der Waals surface area contributed by atoms with Crippen molar-refractivity contribution in [3.63, 3.8) is 0 Å². The van der Waals surface area contributed by atoms with Crippen LogP contribution in [0.15, 0.2) is 54.6 Å². The molecule has 0 aliphatic heterocycles. The first-order valence-corrected chi connectivity index (χ1v) is 7.48. The molecule has 2 aromatic carbocycles. The van der Waals surface area contributed by atoms with Gasteiger partial charge in [-0.15, -0.1) is 0 Å². The number of hydrogen-bond acceptors (Lipinski definition) is 2. The maximum absolute atomic E-state index is 12.5. The number of amides is 1. The Labute approximate surface area is 134 Å². The molecule has 0 atom stereocenters. The van der Waals surface area contributed by atoms with Crippen LogP contribution in [0.1, 0.15) is 22.8 Å². The summed E-state index contributed by atoms with van der Waals surface area (Å²) in [5.74, 6) is -0.0732. The summed E-state index contributed by atoms with van der Waals surface area (Å²) in [7, 11) is 0. The molecule has 0 radical (unpaired) electrons. The maximum Gasteiger partial charge on any atom is 0.387 e. The Morgan fingerprint density at radius 1 is 1.09 bits per heavy atom. The summed E-state index contributed by atoms with van der Waals surface area (Å²) >= 11 is 0. The van der Waals surface area contributed by atoms with Gasteiger partial charge in [-0.1, -0.05) is 30.3 Å². The van der Waals surface area contributed by atoms with Gasteiger partial charge in [0.2, 0.25) is 0 Å². The summed E-state index contributed by atoms with van der Waals surface area (Å²) in [5.41, 5.74) is 1.63. The van der Waals surface area contributed by atoms with Crippen molar-refractivity contribution < 1.29 is 18.3 Å². The fraction of sp³-hybridized carbons (Fsp3) is 0.278. The Bertz CT molecular complexity index is 615. The highest BCUT2D eigenvalue weighted by molar-refractivity contribution is 5.94. The predicted octanol–water partition coefficient (Wildman–Crippen LogP) is 3.99. The number of hydrogen-bond donors (Lipinski definition) is 0. The van der Waals surface area contributed by atoms with Gasteiger partial charge >= 0.3 is 6.61 Å². The van der Waals surface area contributed by atoms with E-state index in [9.17, 15) is 13.6 Å². The van der Waals surface area contributed by atoms with Crippen LogP contribution >= 0.6 is 0 Å².